The summed E-state index contributed by atoms with van der Waals surface area (Å²) >= 11 is 6.83. The van der Waals surface area contributed by atoms with Gasteiger partial charge in [0.15, 0.2) is 0 Å². The standard InChI is InChI=1S/C16H22ClN5O2S2/c1-12-11-14(22-9-3-2-4-10-22)21-16(20-12)18-7-8-19-26(23,24)15-6-5-13(17)25-15/h5-6,11,19H,2-4,7-10H2,1H3,(H,18,20,21). The molecule has 142 valence electrons. The minimum Gasteiger partial charge on any atom is -0.356 e. The predicted octanol–water partition coefficient (Wildman–Crippen LogP) is 2.88. The van der Waals surface area contributed by atoms with Crippen LogP contribution in [0.25, 0.3) is 0 Å². The number of aromatic nitrogens is 2. The average molecular weight is 416 g/mol. The molecular weight excluding hydrogens is 394 g/mol. The maximum atomic E-state index is 12.1. The molecule has 0 aliphatic carbocycles. The molecule has 0 saturated carbocycles. The molecule has 1 aliphatic rings. The number of nitrogens with one attached hydrogen (secondary N) is 2. The lowest BCUT2D eigenvalue weighted by Crippen LogP contribution is -2.31. The van der Waals surface area contributed by atoms with Crippen molar-refractivity contribution in [1.82, 2.24) is 14.7 Å². The van der Waals surface area contributed by atoms with Gasteiger partial charge in [0.2, 0.25) is 16.0 Å². The Balaban J connectivity index is 1.55. The van der Waals surface area contributed by atoms with E-state index >= 15 is 0 Å². The van der Waals surface area contributed by atoms with Gasteiger partial charge in [0, 0.05) is 37.9 Å². The fourth-order valence-corrected chi connectivity index (χ4v) is 5.35. The minimum atomic E-state index is -3.53. The summed E-state index contributed by atoms with van der Waals surface area (Å²) in [7, 11) is -3.53. The van der Waals surface area contributed by atoms with Crippen LogP contribution in [0.3, 0.4) is 0 Å². The summed E-state index contributed by atoms with van der Waals surface area (Å²) < 4.78 is 27.5. The van der Waals surface area contributed by atoms with Crippen LogP contribution < -0.4 is 14.9 Å². The number of rotatable bonds is 7. The summed E-state index contributed by atoms with van der Waals surface area (Å²) in [5.41, 5.74) is 0.886. The second-order valence-electron chi connectivity index (χ2n) is 6.12. The van der Waals surface area contributed by atoms with Gasteiger partial charge < -0.3 is 10.2 Å². The second kappa shape index (κ2) is 8.51. The van der Waals surface area contributed by atoms with Crippen LogP contribution in [-0.2, 0) is 10.0 Å². The number of hydrogen-bond donors (Lipinski definition) is 2. The summed E-state index contributed by atoms with van der Waals surface area (Å²) in [5, 5.41) is 3.10. The van der Waals surface area contributed by atoms with Crippen molar-refractivity contribution in [3.63, 3.8) is 0 Å². The quantitative estimate of drug-likeness (QED) is 0.676. The van der Waals surface area contributed by atoms with Crippen LogP contribution in [0, 0.1) is 6.92 Å². The van der Waals surface area contributed by atoms with Crippen LogP contribution in [0.5, 0.6) is 0 Å². The fraction of sp³-hybridized carbons (Fsp3) is 0.500. The van der Waals surface area contributed by atoms with Gasteiger partial charge in [0.05, 0.1) is 4.34 Å². The molecule has 26 heavy (non-hydrogen) atoms. The van der Waals surface area contributed by atoms with Gasteiger partial charge in [-0.25, -0.2) is 18.1 Å². The largest absolute Gasteiger partial charge is 0.356 e. The van der Waals surface area contributed by atoms with Crippen LogP contribution in [0.4, 0.5) is 11.8 Å². The van der Waals surface area contributed by atoms with E-state index in [1.165, 1.54) is 25.3 Å². The summed E-state index contributed by atoms with van der Waals surface area (Å²) in [5.74, 6) is 1.44. The summed E-state index contributed by atoms with van der Waals surface area (Å²) in [6.07, 6.45) is 3.63. The van der Waals surface area contributed by atoms with Gasteiger partial charge in [0.25, 0.3) is 0 Å². The SMILES string of the molecule is Cc1cc(N2CCCCC2)nc(NCCNS(=O)(=O)c2ccc(Cl)s2)n1. The predicted molar refractivity (Wildman–Crippen MR) is 106 cm³/mol. The van der Waals surface area contributed by atoms with E-state index < -0.39 is 10.0 Å². The van der Waals surface area contributed by atoms with E-state index in [-0.39, 0.29) is 10.8 Å². The lowest BCUT2D eigenvalue weighted by Gasteiger charge is -2.28. The Morgan fingerprint density at radius 2 is 1.96 bits per heavy atom. The van der Waals surface area contributed by atoms with Crippen LogP contribution in [0.1, 0.15) is 25.0 Å². The second-order valence-corrected chi connectivity index (χ2v) is 9.83. The monoisotopic (exact) mass is 415 g/mol. The highest BCUT2D eigenvalue weighted by Gasteiger charge is 2.16. The molecule has 10 heteroatoms. The molecule has 7 nitrogen and oxygen atoms in total. The zero-order chi connectivity index (χ0) is 18.6. The van der Waals surface area contributed by atoms with Gasteiger partial charge in [-0.1, -0.05) is 11.6 Å². The number of hydrogen-bond acceptors (Lipinski definition) is 7. The number of nitrogens with zero attached hydrogens (tertiary/aromatic N) is 3. The Bertz CT molecular complexity index is 850. The third-order valence-electron chi connectivity index (χ3n) is 4.03. The third-order valence-corrected chi connectivity index (χ3v) is 7.22. The van der Waals surface area contributed by atoms with Gasteiger partial charge >= 0.3 is 0 Å². The molecule has 0 spiro atoms. The van der Waals surface area contributed by atoms with E-state index in [2.05, 4.69) is 24.9 Å². The van der Waals surface area contributed by atoms with Crippen molar-refractivity contribution in [2.75, 3.05) is 36.4 Å². The molecule has 0 radical (unpaired) electrons. The molecule has 3 heterocycles. The van der Waals surface area contributed by atoms with Crippen molar-refractivity contribution < 1.29 is 8.42 Å². The Morgan fingerprint density at radius 1 is 1.19 bits per heavy atom. The molecule has 0 unspecified atom stereocenters. The van der Waals surface area contributed by atoms with E-state index in [4.69, 9.17) is 11.6 Å². The first-order valence-corrected chi connectivity index (χ1v) is 11.2. The zero-order valence-corrected chi connectivity index (χ0v) is 16.9. The summed E-state index contributed by atoms with van der Waals surface area (Å²) in [4.78, 5) is 11.2. The number of piperidine rings is 1. The molecule has 0 amide bonds. The van der Waals surface area contributed by atoms with Crippen LogP contribution >= 0.6 is 22.9 Å². The Morgan fingerprint density at radius 3 is 2.65 bits per heavy atom. The van der Waals surface area contributed by atoms with Crippen molar-refractivity contribution in [3.8, 4) is 0 Å². The van der Waals surface area contributed by atoms with Crippen molar-refractivity contribution in [3.05, 3.63) is 28.2 Å². The molecule has 2 aromatic heterocycles. The number of sulfonamides is 1. The fourth-order valence-electron chi connectivity index (χ4n) is 2.79. The lowest BCUT2D eigenvalue weighted by atomic mass is 10.1. The third kappa shape index (κ3) is 5.06. The van der Waals surface area contributed by atoms with Crippen LogP contribution in [-0.4, -0.2) is 44.6 Å². The Labute approximate surface area is 162 Å². The summed E-state index contributed by atoms with van der Waals surface area (Å²) in [6.45, 7) is 4.58. The first kappa shape index (κ1) is 19.3. The Kier molecular flexibility index (Phi) is 6.33. The molecule has 0 bridgehead atoms. The van der Waals surface area contributed by atoms with Gasteiger partial charge in [-0.05, 0) is 38.3 Å². The topological polar surface area (TPSA) is 87.2 Å². The van der Waals surface area contributed by atoms with Gasteiger partial charge in [-0.3, -0.25) is 0 Å². The van der Waals surface area contributed by atoms with Gasteiger partial charge in [-0.2, -0.15) is 4.98 Å². The highest BCUT2D eigenvalue weighted by atomic mass is 35.5. The molecule has 1 aliphatic heterocycles. The van der Waals surface area contributed by atoms with Gasteiger partial charge in [-0.15, -0.1) is 11.3 Å². The molecule has 2 aromatic rings. The van der Waals surface area contributed by atoms with Crippen molar-refractivity contribution in [1.29, 1.82) is 0 Å². The maximum absolute atomic E-state index is 12.1. The average Bonchev–Trinajstić information content (AvgIpc) is 3.07. The summed E-state index contributed by atoms with van der Waals surface area (Å²) in [6, 6.07) is 5.05. The number of aryl methyl sites for hydroxylation is 1. The maximum Gasteiger partial charge on any atom is 0.250 e. The molecule has 1 fully saturated rings. The zero-order valence-electron chi connectivity index (χ0n) is 14.5. The molecule has 1 saturated heterocycles. The van der Waals surface area contributed by atoms with Crippen LogP contribution in [0.15, 0.2) is 22.4 Å². The van der Waals surface area contributed by atoms with Crippen molar-refractivity contribution >= 4 is 44.7 Å². The molecule has 0 atom stereocenters. The van der Waals surface area contributed by atoms with E-state index in [9.17, 15) is 8.42 Å². The Hall–Kier alpha value is -1.42. The van der Waals surface area contributed by atoms with Gasteiger partial charge in [0.1, 0.15) is 10.0 Å². The van der Waals surface area contributed by atoms with Crippen molar-refractivity contribution in [2.24, 2.45) is 0 Å². The highest BCUT2D eigenvalue weighted by Crippen LogP contribution is 2.25. The minimum absolute atomic E-state index is 0.210. The molecular formula is C16H22ClN5O2S2. The normalized spacial score (nSPS) is 15.2. The van der Waals surface area contributed by atoms with E-state index in [0.717, 1.165) is 35.9 Å². The number of thiophene rings is 1. The smallest absolute Gasteiger partial charge is 0.250 e. The van der Waals surface area contributed by atoms with E-state index in [0.29, 0.717) is 16.8 Å². The highest BCUT2D eigenvalue weighted by molar-refractivity contribution is 7.91. The van der Waals surface area contributed by atoms with Crippen molar-refractivity contribution in [2.45, 2.75) is 30.4 Å². The first-order valence-electron chi connectivity index (χ1n) is 8.53. The molecule has 2 N–H and O–H groups in total. The van der Waals surface area contributed by atoms with E-state index in [1.54, 1.807) is 6.07 Å². The molecule has 3 rings (SSSR count). The van der Waals surface area contributed by atoms with E-state index in [1.807, 2.05) is 13.0 Å². The number of anilines is 2. The molecule has 0 aromatic carbocycles. The lowest BCUT2D eigenvalue weighted by molar-refractivity contribution is 0.573. The number of halogens is 1. The van der Waals surface area contributed by atoms with Crippen LogP contribution in [0.2, 0.25) is 4.34 Å². The first-order chi connectivity index (χ1) is 12.4.